The van der Waals surface area contributed by atoms with Gasteiger partial charge in [-0.15, -0.1) is 0 Å². The van der Waals surface area contributed by atoms with Crippen molar-refractivity contribution in [1.82, 2.24) is 15.3 Å². The van der Waals surface area contributed by atoms with Gasteiger partial charge in [0.15, 0.2) is 5.82 Å². The minimum absolute atomic E-state index is 0.0792. The highest BCUT2D eigenvalue weighted by Gasteiger charge is 2.44. The zero-order chi connectivity index (χ0) is 16.6. The normalized spacial score (nSPS) is 29.9. The van der Waals surface area contributed by atoms with Crippen LogP contribution < -0.4 is 10.2 Å². The lowest BCUT2D eigenvalue weighted by Crippen LogP contribution is -2.47. The molecule has 1 amide bonds. The zero-order valence-electron chi connectivity index (χ0n) is 13.7. The lowest BCUT2D eigenvalue weighted by atomic mass is 9.90. The van der Waals surface area contributed by atoms with Crippen molar-refractivity contribution in [2.75, 3.05) is 24.5 Å². The van der Waals surface area contributed by atoms with Crippen LogP contribution in [-0.2, 0) is 9.53 Å². The molecule has 0 bridgehead atoms. The molecule has 3 heterocycles. The molecular formula is C17H23FN4O2. The molecule has 1 aliphatic carbocycles. The predicted molar refractivity (Wildman–Crippen MR) is 86.0 cm³/mol. The van der Waals surface area contributed by atoms with Crippen molar-refractivity contribution >= 4 is 11.9 Å². The quantitative estimate of drug-likeness (QED) is 0.907. The summed E-state index contributed by atoms with van der Waals surface area (Å²) in [6.07, 6.45) is 8.54. The molecule has 1 N–H and O–H groups in total. The zero-order valence-corrected chi connectivity index (χ0v) is 13.7. The molecule has 24 heavy (non-hydrogen) atoms. The molecule has 1 saturated carbocycles. The van der Waals surface area contributed by atoms with Crippen LogP contribution >= 0.6 is 0 Å². The standard InChI is InChI=1S/C17H23FN4O2/c18-13-8-20-16(21-9-13)22-7-6-17(11-22)5-1-2-14(24-17)10-19-15(23)12-3-4-12/h8-9,12,14H,1-7,10-11H2,(H,19,23)/t14-,17-/m0/s1. The van der Waals surface area contributed by atoms with Crippen LogP contribution in [0.25, 0.3) is 0 Å². The Morgan fingerprint density at radius 3 is 2.88 bits per heavy atom. The fourth-order valence-corrected chi connectivity index (χ4v) is 3.76. The molecule has 4 rings (SSSR count). The van der Waals surface area contributed by atoms with Crippen molar-refractivity contribution in [2.45, 2.75) is 50.2 Å². The molecule has 1 aromatic heterocycles. The van der Waals surface area contributed by atoms with Crippen LogP contribution in [0.1, 0.15) is 38.5 Å². The molecule has 2 aliphatic heterocycles. The summed E-state index contributed by atoms with van der Waals surface area (Å²) in [6.45, 7) is 2.14. The minimum atomic E-state index is -0.423. The van der Waals surface area contributed by atoms with Gasteiger partial charge < -0.3 is 15.0 Å². The Balaban J connectivity index is 1.34. The van der Waals surface area contributed by atoms with Crippen LogP contribution in [0.2, 0.25) is 0 Å². The molecule has 7 heteroatoms. The van der Waals surface area contributed by atoms with Crippen LogP contribution in [0.4, 0.5) is 10.3 Å². The van der Waals surface area contributed by atoms with Crippen molar-refractivity contribution in [3.63, 3.8) is 0 Å². The third-order valence-corrected chi connectivity index (χ3v) is 5.23. The van der Waals surface area contributed by atoms with E-state index in [1.165, 1.54) is 12.4 Å². The molecule has 0 radical (unpaired) electrons. The van der Waals surface area contributed by atoms with Crippen molar-refractivity contribution < 1.29 is 13.9 Å². The average molecular weight is 334 g/mol. The summed E-state index contributed by atoms with van der Waals surface area (Å²) in [5.41, 5.74) is -0.190. The third-order valence-electron chi connectivity index (χ3n) is 5.23. The Bertz CT molecular complexity index is 607. The van der Waals surface area contributed by atoms with Crippen molar-refractivity contribution in [3.05, 3.63) is 18.2 Å². The third kappa shape index (κ3) is 3.36. The average Bonchev–Trinajstić information content (AvgIpc) is 3.37. The number of ether oxygens (including phenoxy) is 1. The Labute approximate surface area is 140 Å². The molecule has 2 atom stereocenters. The Kier molecular flexibility index (Phi) is 4.12. The number of rotatable bonds is 4. The molecule has 0 aromatic carbocycles. The van der Waals surface area contributed by atoms with E-state index in [0.29, 0.717) is 12.5 Å². The number of nitrogens with one attached hydrogen (secondary N) is 1. The summed E-state index contributed by atoms with van der Waals surface area (Å²) < 4.78 is 19.4. The van der Waals surface area contributed by atoms with Gasteiger partial charge in [-0.2, -0.15) is 0 Å². The number of hydrogen-bond acceptors (Lipinski definition) is 5. The summed E-state index contributed by atoms with van der Waals surface area (Å²) in [6, 6.07) is 0. The number of halogens is 1. The number of hydrogen-bond donors (Lipinski definition) is 1. The molecule has 3 aliphatic rings. The van der Waals surface area contributed by atoms with E-state index in [4.69, 9.17) is 4.74 Å². The van der Waals surface area contributed by atoms with E-state index in [1.54, 1.807) is 0 Å². The van der Waals surface area contributed by atoms with Gasteiger partial charge in [0.25, 0.3) is 0 Å². The van der Waals surface area contributed by atoms with Crippen LogP contribution in [0, 0.1) is 11.7 Å². The van der Waals surface area contributed by atoms with Gasteiger partial charge in [0.1, 0.15) is 0 Å². The molecule has 3 fully saturated rings. The Morgan fingerprint density at radius 1 is 1.33 bits per heavy atom. The highest BCUT2D eigenvalue weighted by atomic mass is 19.1. The van der Waals surface area contributed by atoms with Gasteiger partial charge in [0.05, 0.1) is 24.1 Å². The summed E-state index contributed by atoms with van der Waals surface area (Å²) in [5, 5.41) is 3.03. The fourth-order valence-electron chi connectivity index (χ4n) is 3.76. The van der Waals surface area contributed by atoms with Crippen LogP contribution in [0.5, 0.6) is 0 Å². The highest BCUT2D eigenvalue weighted by Crippen LogP contribution is 2.37. The molecular weight excluding hydrogens is 311 g/mol. The number of nitrogens with zero attached hydrogens (tertiary/aromatic N) is 3. The van der Waals surface area contributed by atoms with Gasteiger partial charge in [-0.1, -0.05) is 0 Å². The second-order valence-electron chi connectivity index (χ2n) is 7.21. The van der Waals surface area contributed by atoms with Gasteiger partial charge >= 0.3 is 0 Å². The number of aromatic nitrogens is 2. The molecule has 1 spiro atoms. The van der Waals surface area contributed by atoms with E-state index >= 15 is 0 Å². The fraction of sp³-hybridized carbons (Fsp3) is 0.706. The van der Waals surface area contributed by atoms with Gasteiger partial charge in [-0.05, 0) is 38.5 Å². The van der Waals surface area contributed by atoms with Crippen LogP contribution in [0.3, 0.4) is 0 Å². The van der Waals surface area contributed by atoms with Gasteiger partial charge in [0.2, 0.25) is 11.9 Å². The summed E-state index contributed by atoms with van der Waals surface area (Å²) >= 11 is 0. The number of carbonyl (C=O) groups excluding carboxylic acids is 1. The van der Waals surface area contributed by atoms with Gasteiger partial charge in [-0.3, -0.25) is 4.79 Å². The molecule has 1 aromatic rings. The first-order valence-corrected chi connectivity index (χ1v) is 8.82. The monoisotopic (exact) mass is 334 g/mol. The Hall–Kier alpha value is -1.76. The molecule has 130 valence electrons. The van der Waals surface area contributed by atoms with Crippen LogP contribution in [0.15, 0.2) is 12.4 Å². The first-order valence-electron chi connectivity index (χ1n) is 8.82. The van der Waals surface area contributed by atoms with E-state index in [9.17, 15) is 9.18 Å². The van der Waals surface area contributed by atoms with Crippen LogP contribution in [-0.4, -0.2) is 47.2 Å². The minimum Gasteiger partial charge on any atom is -0.368 e. The molecule has 0 unspecified atom stereocenters. The van der Waals surface area contributed by atoms with Crippen molar-refractivity contribution in [3.8, 4) is 0 Å². The van der Waals surface area contributed by atoms with Gasteiger partial charge in [-0.25, -0.2) is 14.4 Å². The summed E-state index contributed by atoms with van der Waals surface area (Å²) in [7, 11) is 0. The number of amides is 1. The number of carbonyl (C=O) groups is 1. The Morgan fingerprint density at radius 2 is 2.12 bits per heavy atom. The molecule has 6 nitrogen and oxygen atoms in total. The maximum absolute atomic E-state index is 13.0. The van der Waals surface area contributed by atoms with E-state index < -0.39 is 5.82 Å². The van der Waals surface area contributed by atoms with E-state index in [-0.39, 0.29) is 23.5 Å². The first kappa shape index (κ1) is 15.7. The SMILES string of the molecule is O=C(NC[C@@H]1CCC[C@@]2(CCN(c3ncc(F)cn3)C2)O1)C1CC1. The first-order chi connectivity index (χ1) is 11.6. The highest BCUT2D eigenvalue weighted by molar-refractivity contribution is 5.80. The second kappa shape index (κ2) is 6.27. The smallest absolute Gasteiger partial charge is 0.225 e. The second-order valence-corrected chi connectivity index (χ2v) is 7.21. The van der Waals surface area contributed by atoms with E-state index in [2.05, 4.69) is 20.2 Å². The van der Waals surface area contributed by atoms with Crippen molar-refractivity contribution in [2.24, 2.45) is 5.92 Å². The van der Waals surface area contributed by atoms with Gasteiger partial charge in [0, 0.05) is 25.6 Å². The largest absolute Gasteiger partial charge is 0.368 e. The van der Waals surface area contributed by atoms with Crippen molar-refractivity contribution in [1.29, 1.82) is 0 Å². The van der Waals surface area contributed by atoms with E-state index in [0.717, 1.165) is 51.6 Å². The summed E-state index contributed by atoms with van der Waals surface area (Å²) in [4.78, 5) is 22.0. The number of anilines is 1. The summed E-state index contributed by atoms with van der Waals surface area (Å²) in [5.74, 6) is 0.542. The maximum atomic E-state index is 13.0. The predicted octanol–water partition coefficient (Wildman–Crippen LogP) is 1.66. The molecule has 2 saturated heterocycles. The lowest BCUT2D eigenvalue weighted by Gasteiger charge is -2.38. The lowest BCUT2D eigenvalue weighted by molar-refractivity contribution is -0.129. The van der Waals surface area contributed by atoms with E-state index in [1.807, 2.05) is 0 Å². The topological polar surface area (TPSA) is 67.4 Å². The maximum Gasteiger partial charge on any atom is 0.225 e.